The molecule has 104 valence electrons. The largest absolute Gasteiger partial charge is 0.493 e. The molecule has 3 rings (SSSR count). The molecular weight excluding hydrogens is 326 g/mol. The third-order valence-corrected chi connectivity index (χ3v) is 5.17. The summed E-state index contributed by atoms with van der Waals surface area (Å²) in [7, 11) is 0. The molecule has 2 heterocycles. The van der Waals surface area contributed by atoms with Crippen molar-refractivity contribution in [3.8, 4) is 5.75 Å². The molecule has 4 heteroatoms. The molecule has 0 aliphatic carbocycles. The zero-order valence-corrected chi connectivity index (χ0v) is 13.3. The van der Waals surface area contributed by atoms with Crippen molar-refractivity contribution < 1.29 is 4.74 Å². The maximum absolute atomic E-state index is 6.22. The number of hydrogen-bond donors (Lipinski definition) is 0. The zero-order valence-electron chi connectivity index (χ0n) is 11.0. The van der Waals surface area contributed by atoms with Crippen LogP contribution in [0.4, 0.5) is 0 Å². The van der Waals surface area contributed by atoms with Crippen molar-refractivity contribution in [2.75, 3.05) is 25.0 Å². The van der Waals surface area contributed by atoms with Crippen LogP contribution in [0.2, 0.25) is 5.02 Å². The van der Waals surface area contributed by atoms with Gasteiger partial charge in [0.05, 0.1) is 6.61 Å². The van der Waals surface area contributed by atoms with Crippen LogP contribution in [0.5, 0.6) is 5.75 Å². The van der Waals surface area contributed by atoms with E-state index < -0.39 is 0 Å². The van der Waals surface area contributed by atoms with E-state index in [-0.39, 0.29) is 0 Å². The molecule has 1 aromatic carbocycles. The summed E-state index contributed by atoms with van der Waals surface area (Å²) in [6, 6.07) is 4.12. The van der Waals surface area contributed by atoms with Crippen molar-refractivity contribution >= 4 is 27.5 Å². The Labute approximate surface area is 128 Å². The first-order valence-electron chi connectivity index (χ1n) is 6.98. The Morgan fingerprint density at radius 2 is 2.32 bits per heavy atom. The number of halogens is 2. The van der Waals surface area contributed by atoms with Gasteiger partial charge in [0.25, 0.3) is 0 Å². The quantitative estimate of drug-likeness (QED) is 0.772. The summed E-state index contributed by atoms with van der Waals surface area (Å²) in [6.45, 7) is 4.12. The molecule has 0 radical (unpaired) electrons. The summed E-state index contributed by atoms with van der Waals surface area (Å²) in [5.74, 6) is 1.87. The van der Waals surface area contributed by atoms with E-state index in [2.05, 4.69) is 26.9 Å². The van der Waals surface area contributed by atoms with Crippen LogP contribution in [-0.4, -0.2) is 29.9 Å². The van der Waals surface area contributed by atoms with Gasteiger partial charge in [0, 0.05) is 35.4 Å². The number of fused-ring (bicyclic) bond motifs is 1. The molecule has 2 aliphatic rings. The molecule has 2 nitrogen and oxygen atoms in total. The van der Waals surface area contributed by atoms with Gasteiger partial charge in [-0.2, -0.15) is 0 Å². The van der Waals surface area contributed by atoms with E-state index >= 15 is 0 Å². The van der Waals surface area contributed by atoms with Gasteiger partial charge in [0.2, 0.25) is 0 Å². The minimum atomic E-state index is 0.780. The molecule has 0 saturated carbocycles. The molecule has 1 fully saturated rings. The molecule has 1 unspecified atom stereocenters. The van der Waals surface area contributed by atoms with E-state index in [9.17, 15) is 0 Å². The van der Waals surface area contributed by atoms with Crippen LogP contribution in [0.25, 0.3) is 0 Å². The fraction of sp³-hybridized carbons (Fsp3) is 0.600. The lowest BCUT2D eigenvalue weighted by Crippen LogP contribution is -2.35. The Bertz CT molecular complexity index is 466. The average Bonchev–Trinajstić information content (AvgIpc) is 2.87. The lowest BCUT2D eigenvalue weighted by atomic mass is 9.99. The second kappa shape index (κ2) is 6.02. The van der Waals surface area contributed by atoms with Gasteiger partial charge < -0.3 is 4.74 Å². The van der Waals surface area contributed by atoms with E-state index in [1.165, 1.54) is 37.1 Å². The lowest BCUT2D eigenvalue weighted by molar-refractivity contribution is 0.177. The number of hydrogen-bond acceptors (Lipinski definition) is 2. The predicted molar refractivity (Wildman–Crippen MR) is 82.4 cm³/mol. The first-order valence-corrected chi connectivity index (χ1v) is 8.48. The van der Waals surface area contributed by atoms with Gasteiger partial charge in [-0.25, -0.2) is 0 Å². The van der Waals surface area contributed by atoms with Crippen molar-refractivity contribution in [3.63, 3.8) is 0 Å². The Morgan fingerprint density at radius 3 is 3.16 bits per heavy atom. The molecule has 0 spiro atoms. The van der Waals surface area contributed by atoms with Crippen LogP contribution in [0.1, 0.15) is 24.0 Å². The third kappa shape index (κ3) is 3.09. The van der Waals surface area contributed by atoms with Crippen molar-refractivity contribution in [3.05, 3.63) is 28.3 Å². The molecule has 1 saturated heterocycles. The Morgan fingerprint density at radius 1 is 1.42 bits per heavy atom. The molecule has 0 bridgehead atoms. The van der Waals surface area contributed by atoms with Crippen LogP contribution in [0.3, 0.4) is 0 Å². The van der Waals surface area contributed by atoms with Crippen LogP contribution in [-0.2, 0) is 13.0 Å². The topological polar surface area (TPSA) is 12.5 Å². The smallest absolute Gasteiger partial charge is 0.127 e. The highest BCUT2D eigenvalue weighted by Crippen LogP contribution is 2.34. The fourth-order valence-corrected chi connectivity index (χ4v) is 3.92. The number of benzene rings is 1. The summed E-state index contributed by atoms with van der Waals surface area (Å²) < 4.78 is 5.78. The highest BCUT2D eigenvalue weighted by atomic mass is 79.9. The fourth-order valence-electron chi connectivity index (χ4n) is 3.13. The van der Waals surface area contributed by atoms with E-state index in [1.807, 2.05) is 6.07 Å². The van der Waals surface area contributed by atoms with Crippen molar-refractivity contribution in [2.24, 2.45) is 5.92 Å². The first-order chi connectivity index (χ1) is 9.26. The van der Waals surface area contributed by atoms with E-state index in [0.717, 1.165) is 41.6 Å². The average molecular weight is 345 g/mol. The van der Waals surface area contributed by atoms with Crippen molar-refractivity contribution in [1.82, 2.24) is 4.90 Å². The number of piperidine rings is 1. The third-order valence-electron chi connectivity index (χ3n) is 4.04. The van der Waals surface area contributed by atoms with Crippen LogP contribution < -0.4 is 4.74 Å². The van der Waals surface area contributed by atoms with E-state index in [0.29, 0.717) is 0 Å². The van der Waals surface area contributed by atoms with Gasteiger partial charge in [-0.3, -0.25) is 4.90 Å². The summed E-state index contributed by atoms with van der Waals surface area (Å²) in [6.07, 6.45) is 3.62. The second-order valence-electron chi connectivity index (χ2n) is 5.55. The van der Waals surface area contributed by atoms with E-state index in [1.54, 1.807) is 0 Å². The van der Waals surface area contributed by atoms with E-state index in [4.69, 9.17) is 16.3 Å². The number of alkyl halides is 1. The summed E-state index contributed by atoms with van der Waals surface area (Å²) in [4.78, 5) is 2.53. The van der Waals surface area contributed by atoms with Crippen LogP contribution in [0.15, 0.2) is 12.1 Å². The molecule has 2 aliphatic heterocycles. The molecule has 19 heavy (non-hydrogen) atoms. The van der Waals surface area contributed by atoms with Crippen LogP contribution >= 0.6 is 27.5 Å². The van der Waals surface area contributed by atoms with Crippen molar-refractivity contribution in [1.29, 1.82) is 0 Å². The maximum Gasteiger partial charge on any atom is 0.127 e. The van der Waals surface area contributed by atoms with Gasteiger partial charge in [0.1, 0.15) is 5.75 Å². The number of likely N-dealkylation sites (tertiary alicyclic amines) is 1. The molecule has 0 aromatic heterocycles. The monoisotopic (exact) mass is 343 g/mol. The Balaban J connectivity index is 1.76. The highest BCUT2D eigenvalue weighted by molar-refractivity contribution is 9.09. The number of nitrogens with zero attached hydrogens (tertiary/aromatic N) is 1. The molecule has 1 atom stereocenters. The predicted octanol–water partition coefficient (Wildman–Crippen LogP) is 3.88. The normalized spacial score (nSPS) is 23.2. The molecule has 0 N–H and O–H groups in total. The highest BCUT2D eigenvalue weighted by Gasteiger charge is 2.23. The maximum atomic E-state index is 6.22. The van der Waals surface area contributed by atoms with Gasteiger partial charge in [-0.15, -0.1) is 0 Å². The van der Waals surface area contributed by atoms with Gasteiger partial charge in [0.15, 0.2) is 0 Å². The zero-order chi connectivity index (χ0) is 13.2. The Kier molecular flexibility index (Phi) is 4.35. The minimum absolute atomic E-state index is 0.780. The molecule has 1 aromatic rings. The standard InChI is InChI=1S/C15H19BrClNO/c16-8-11-2-1-4-18(9-11)10-13-7-14(17)6-12-3-5-19-15(12)13/h6-7,11H,1-5,8-10H2. The van der Waals surface area contributed by atoms with Crippen molar-refractivity contribution in [2.45, 2.75) is 25.8 Å². The minimum Gasteiger partial charge on any atom is -0.493 e. The molecular formula is C15H19BrClNO. The van der Waals surface area contributed by atoms with Gasteiger partial charge >= 0.3 is 0 Å². The number of rotatable bonds is 3. The summed E-state index contributed by atoms with van der Waals surface area (Å²) >= 11 is 9.83. The SMILES string of the molecule is Clc1cc2c(c(CN3CCCC(CBr)C3)c1)OCC2. The lowest BCUT2D eigenvalue weighted by Gasteiger charge is -2.32. The van der Waals surface area contributed by atoms with Crippen LogP contribution in [0, 0.1) is 5.92 Å². The second-order valence-corrected chi connectivity index (χ2v) is 6.63. The Hall–Kier alpha value is -0.250. The molecule has 0 amide bonds. The first kappa shape index (κ1) is 13.7. The van der Waals surface area contributed by atoms with Gasteiger partial charge in [-0.1, -0.05) is 27.5 Å². The summed E-state index contributed by atoms with van der Waals surface area (Å²) in [5, 5.41) is 1.95. The summed E-state index contributed by atoms with van der Waals surface area (Å²) in [5.41, 5.74) is 2.53. The van der Waals surface area contributed by atoms with Gasteiger partial charge in [-0.05, 0) is 43.0 Å². The number of ether oxygens (including phenoxy) is 1.